The Morgan fingerprint density at radius 2 is 1.69 bits per heavy atom. The van der Waals surface area contributed by atoms with Gasteiger partial charge < -0.3 is 11.1 Å². The molecule has 3 N–H and O–H groups in total. The maximum absolute atomic E-state index is 12.0. The largest absolute Gasteiger partial charge is 0.403 e. The van der Waals surface area contributed by atoms with Gasteiger partial charge in [-0.3, -0.25) is 0 Å². The first-order chi connectivity index (χ1) is 5.00. The van der Waals surface area contributed by atoms with Gasteiger partial charge in [-0.15, -0.1) is 24.8 Å². The molecular weight excluding hydrogens is 228 g/mol. The predicted octanol–water partition coefficient (Wildman–Crippen LogP) is 1.47. The van der Waals surface area contributed by atoms with Crippen LogP contribution in [0.5, 0.6) is 0 Å². The van der Waals surface area contributed by atoms with E-state index in [2.05, 4.69) is 5.32 Å². The zero-order valence-electron chi connectivity index (χ0n) is 6.80. The molecule has 0 saturated carbocycles. The summed E-state index contributed by atoms with van der Waals surface area (Å²) in [7, 11) is 0. The van der Waals surface area contributed by atoms with Crippen LogP contribution in [0.2, 0.25) is 0 Å². The van der Waals surface area contributed by atoms with Gasteiger partial charge in [0.05, 0.1) is 0 Å². The Labute approximate surface area is 87.3 Å². The third-order valence-corrected chi connectivity index (χ3v) is 1.85. The molecule has 0 radical (unpaired) electrons. The summed E-state index contributed by atoms with van der Waals surface area (Å²) in [6.07, 6.45) is -3.55. The first-order valence-corrected chi connectivity index (χ1v) is 3.56. The van der Waals surface area contributed by atoms with Crippen molar-refractivity contribution in [3.05, 3.63) is 0 Å². The zero-order valence-corrected chi connectivity index (χ0v) is 8.44. The molecule has 0 aromatic rings. The molecule has 2 atom stereocenters. The molecule has 1 aliphatic heterocycles. The molecule has 1 heterocycles. The van der Waals surface area contributed by atoms with E-state index < -0.39 is 12.2 Å². The Kier molecular flexibility index (Phi) is 7.15. The van der Waals surface area contributed by atoms with Crippen molar-refractivity contribution in [1.29, 1.82) is 0 Å². The summed E-state index contributed by atoms with van der Waals surface area (Å²) in [4.78, 5) is 0. The maximum atomic E-state index is 12.0. The highest BCUT2D eigenvalue weighted by atomic mass is 35.5. The Balaban J connectivity index is 0. The molecule has 0 amide bonds. The molecular formula is C6H13Cl2F3N2. The number of rotatable bonds is 0. The normalized spacial score (nSPS) is 28.6. The van der Waals surface area contributed by atoms with Gasteiger partial charge >= 0.3 is 6.18 Å². The van der Waals surface area contributed by atoms with Gasteiger partial charge in [0.25, 0.3) is 0 Å². The van der Waals surface area contributed by atoms with Crippen molar-refractivity contribution in [3.8, 4) is 0 Å². The van der Waals surface area contributed by atoms with Crippen molar-refractivity contribution in [3.63, 3.8) is 0 Å². The van der Waals surface area contributed by atoms with Crippen LogP contribution in [0.1, 0.15) is 12.8 Å². The van der Waals surface area contributed by atoms with Crippen LogP contribution in [0.25, 0.3) is 0 Å². The monoisotopic (exact) mass is 240 g/mol. The van der Waals surface area contributed by atoms with Crippen LogP contribution in [-0.2, 0) is 0 Å². The summed E-state index contributed by atoms with van der Waals surface area (Å²) in [6, 6.07) is -1.46. The van der Waals surface area contributed by atoms with Gasteiger partial charge in [-0.25, -0.2) is 0 Å². The molecule has 13 heavy (non-hydrogen) atoms. The summed E-state index contributed by atoms with van der Waals surface area (Å²) >= 11 is 0. The number of halogens is 5. The maximum Gasteiger partial charge on any atom is 0.403 e. The van der Waals surface area contributed by atoms with Gasteiger partial charge in [0, 0.05) is 12.6 Å². The van der Waals surface area contributed by atoms with Crippen LogP contribution in [0.15, 0.2) is 0 Å². The van der Waals surface area contributed by atoms with Gasteiger partial charge in [0.1, 0.15) is 6.04 Å². The molecule has 1 rings (SSSR count). The highest BCUT2D eigenvalue weighted by Gasteiger charge is 2.40. The molecule has 82 valence electrons. The van der Waals surface area contributed by atoms with E-state index in [1.165, 1.54) is 0 Å². The summed E-state index contributed by atoms with van der Waals surface area (Å²) in [5.74, 6) is 0. The van der Waals surface area contributed by atoms with Crippen LogP contribution >= 0.6 is 24.8 Å². The minimum atomic E-state index is -4.11. The number of nitrogens with two attached hydrogens (primary N) is 1. The fourth-order valence-electron chi connectivity index (χ4n) is 1.16. The van der Waals surface area contributed by atoms with E-state index in [0.717, 1.165) is 0 Å². The Hall–Kier alpha value is 0.290. The van der Waals surface area contributed by atoms with Crippen molar-refractivity contribution in [2.75, 3.05) is 6.54 Å². The number of nitrogens with one attached hydrogen (secondary N) is 1. The highest BCUT2D eigenvalue weighted by molar-refractivity contribution is 5.85. The molecule has 1 fully saturated rings. The van der Waals surface area contributed by atoms with Crippen molar-refractivity contribution in [2.24, 2.45) is 5.73 Å². The van der Waals surface area contributed by atoms with Gasteiger partial charge in [0.15, 0.2) is 0 Å². The van der Waals surface area contributed by atoms with Crippen LogP contribution in [0.4, 0.5) is 13.2 Å². The molecule has 0 aromatic heterocycles. The molecule has 2 nitrogen and oxygen atoms in total. The smallest absolute Gasteiger partial charge is 0.327 e. The summed E-state index contributed by atoms with van der Waals surface area (Å²) in [6.45, 7) is 0.268. The second kappa shape index (κ2) is 5.90. The summed E-state index contributed by atoms with van der Waals surface area (Å²) < 4.78 is 35.9. The average Bonchev–Trinajstić information content (AvgIpc) is 1.86. The van der Waals surface area contributed by atoms with E-state index in [0.29, 0.717) is 6.42 Å². The van der Waals surface area contributed by atoms with Crippen molar-refractivity contribution in [1.82, 2.24) is 5.32 Å². The van der Waals surface area contributed by atoms with Crippen LogP contribution in [-0.4, -0.2) is 24.8 Å². The lowest BCUT2D eigenvalue weighted by atomic mass is 10.0. The Bertz CT molecular complexity index is 134. The Morgan fingerprint density at radius 3 is 2.00 bits per heavy atom. The van der Waals surface area contributed by atoms with Gasteiger partial charge in [-0.1, -0.05) is 0 Å². The third-order valence-electron chi connectivity index (χ3n) is 1.85. The lowest BCUT2D eigenvalue weighted by Gasteiger charge is -2.28. The lowest BCUT2D eigenvalue weighted by molar-refractivity contribution is -0.160. The fourth-order valence-corrected chi connectivity index (χ4v) is 1.16. The quantitative estimate of drug-likeness (QED) is 0.674. The van der Waals surface area contributed by atoms with E-state index in [1.54, 1.807) is 0 Å². The van der Waals surface area contributed by atoms with E-state index in [-0.39, 0.29) is 43.8 Å². The molecule has 0 unspecified atom stereocenters. The second-order valence-electron chi connectivity index (χ2n) is 2.84. The number of piperidine rings is 1. The van der Waals surface area contributed by atoms with Crippen molar-refractivity contribution in [2.45, 2.75) is 31.1 Å². The van der Waals surface area contributed by atoms with E-state index in [4.69, 9.17) is 5.73 Å². The minimum Gasteiger partial charge on any atom is -0.327 e. The second-order valence-corrected chi connectivity index (χ2v) is 2.84. The molecule has 7 heteroatoms. The number of alkyl halides is 3. The summed E-state index contributed by atoms with van der Waals surface area (Å²) in [5.41, 5.74) is 5.41. The van der Waals surface area contributed by atoms with Crippen molar-refractivity contribution >= 4 is 24.8 Å². The average molecular weight is 241 g/mol. The third kappa shape index (κ3) is 4.90. The van der Waals surface area contributed by atoms with Crippen LogP contribution in [0, 0.1) is 0 Å². The van der Waals surface area contributed by atoms with Gasteiger partial charge in [0.2, 0.25) is 0 Å². The standard InChI is InChI=1S/C6H11F3N2.2ClH/c7-6(8,9)5-2-1-4(10)3-11-5;;/h4-5,11H,1-3,10H2;2*1H/t4-,5-;;/m1../s1. The topological polar surface area (TPSA) is 38.0 Å². The minimum absolute atomic E-state index is 0. The summed E-state index contributed by atoms with van der Waals surface area (Å²) in [5, 5.41) is 2.36. The van der Waals surface area contributed by atoms with Crippen molar-refractivity contribution < 1.29 is 13.2 Å². The molecule has 0 spiro atoms. The predicted molar refractivity (Wildman–Crippen MR) is 49.6 cm³/mol. The number of hydrogen-bond donors (Lipinski definition) is 2. The molecule has 1 aliphatic rings. The highest BCUT2D eigenvalue weighted by Crippen LogP contribution is 2.25. The van der Waals surface area contributed by atoms with Crippen LogP contribution in [0.3, 0.4) is 0 Å². The fraction of sp³-hybridized carbons (Fsp3) is 1.00. The van der Waals surface area contributed by atoms with E-state index in [9.17, 15) is 13.2 Å². The SMILES string of the molecule is Cl.Cl.N[C@@H]1CC[C@H](C(F)(F)F)NC1. The lowest BCUT2D eigenvalue weighted by Crippen LogP contribution is -2.51. The molecule has 1 saturated heterocycles. The first-order valence-electron chi connectivity index (χ1n) is 3.56. The molecule has 0 aliphatic carbocycles. The first kappa shape index (κ1) is 15.7. The van der Waals surface area contributed by atoms with Gasteiger partial charge in [-0.05, 0) is 12.8 Å². The Morgan fingerprint density at radius 1 is 1.15 bits per heavy atom. The zero-order chi connectivity index (χ0) is 8.48. The van der Waals surface area contributed by atoms with Crippen LogP contribution < -0.4 is 11.1 Å². The van der Waals surface area contributed by atoms with Gasteiger partial charge in [-0.2, -0.15) is 13.2 Å². The molecule has 0 aromatic carbocycles. The molecule has 0 bridgehead atoms. The van der Waals surface area contributed by atoms with E-state index in [1.807, 2.05) is 0 Å². The van der Waals surface area contributed by atoms with E-state index >= 15 is 0 Å². The number of hydrogen-bond acceptors (Lipinski definition) is 2.